The molecule has 2 aliphatic rings. The maximum atomic E-state index is 13.5. The lowest BCUT2D eigenvalue weighted by Crippen LogP contribution is -2.55. The van der Waals surface area contributed by atoms with Crippen molar-refractivity contribution in [3.05, 3.63) is 58.3 Å². The van der Waals surface area contributed by atoms with Gasteiger partial charge >= 0.3 is 0 Å². The minimum atomic E-state index is -1.74. The van der Waals surface area contributed by atoms with E-state index < -0.39 is 23.1 Å². The summed E-state index contributed by atoms with van der Waals surface area (Å²) >= 11 is 6.40. The number of fused-ring (bicyclic) bond motifs is 1. The summed E-state index contributed by atoms with van der Waals surface area (Å²) < 4.78 is 16.6. The number of ether oxygens (including phenoxy) is 3. The van der Waals surface area contributed by atoms with Crippen molar-refractivity contribution in [1.29, 1.82) is 0 Å². The second kappa shape index (κ2) is 8.32. The number of benzene rings is 2. The van der Waals surface area contributed by atoms with Gasteiger partial charge in [0.2, 0.25) is 17.2 Å². The van der Waals surface area contributed by atoms with Gasteiger partial charge in [-0.3, -0.25) is 9.59 Å². The fourth-order valence-electron chi connectivity index (χ4n) is 4.22. The molecule has 4 N–H and O–H groups in total. The van der Waals surface area contributed by atoms with Crippen molar-refractivity contribution in [2.45, 2.75) is 18.9 Å². The minimum absolute atomic E-state index is 0.0383. The summed E-state index contributed by atoms with van der Waals surface area (Å²) in [5.41, 5.74) is 5.77. The van der Waals surface area contributed by atoms with Crippen LogP contribution in [0.15, 0.2) is 47.3 Å². The minimum Gasteiger partial charge on any atom is -0.496 e. The molecule has 0 saturated carbocycles. The number of amidine groups is 1. The first kappa shape index (κ1) is 22.5. The maximum Gasteiger partial charge on any atom is 0.236 e. The van der Waals surface area contributed by atoms with E-state index in [2.05, 4.69) is 10.5 Å². The topological polar surface area (TPSA) is 132 Å². The highest BCUT2D eigenvalue weighted by Crippen LogP contribution is 2.53. The number of methoxy groups -OCH3 is 2. The Morgan fingerprint density at radius 1 is 1.27 bits per heavy atom. The summed E-state index contributed by atoms with van der Waals surface area (Å²) in [6.45, 7) is 1.76. The zero-order valence-electron chi connectivity index (χ0n) is 18.1. The molecule has 0 radical (unpaired) electrons. The van der Waals surface area contributed by atoms with Gasteiger partial charge in [0, 0.05) is 35.0 Å². The molecule has 1 aliphatic carbocycles. The number of carbonyl (C=O) groups excluding carboxylic acids is 2. The molecule has 4 rings (SSSR count). The Hall–Kier alpha value is -3.72. The number of oxime groups is 1. The van der Waals surface area contributed by atoms with Gasteiger partial charge in [-0.1, -0.05) is 35.8 Å². The Kier molecular flexibility index (Phi) is 5.67. The molecule has 1 spiro atoms. The summed E-state index contributed by atoms with van der Waals surface area (Å²) in [6, 6.07) is 8.37. The van der Waals surface area contributed by atoms with Crippen molar-refractivity contribution in [3.63, 3.8) is 0 Å². The number of hydrogen-bond acceptors (Lipinski definition) is 8. The van der Waals surface area contributed by atoms with Crippen LogP contribution < -0.4 is 25.3 Å². The van der Waals surface area contributed by atoms with Crippen LogP contribution in [0.5, 0.6) is 17.2 Å². The van der Waals surface area contributed by atoms with E-state index in [1.807, 2.05) is 0 Å². The van der Waals surface area contributed by atoms with Gasteiger partial charge in [-0.2, -0.15) is 0 Å². The monoisotopic (exact) mass is 471 g/mol. The molecule has 2 atom stereocenters. The van der Waals surface area contributed by atoms with E-state index >= 15 is 0 Å². The van der Waals surface area contributed by atoms with Crippen LogP contribution in [-0.4, -0.2) is 42.4 Å². The normalized spacial score (nSPS) is 22.0. The third kappa shape index (κ3) is 3.45. The van der Waals surface area contributed by atoms with Crippen LogP contribution in [0.1, 0.15) is 29.3 Å². The van der Waals surface area contributed by atoms with Crippen LogP contribution in [0.4, 0.5) is 5.69 Å². The number of hydrogen-bond donors (Lipinski definition) is 3. The van der Waals surface area contributed by atoms with Crippen molar-refractivity contribution in [3.8, 4) is 17.2 Å². The van der Waals surface area contributed by atoms with Crippen LogP contribution in [0.3, 0.4) is 0 Å². The Balaban J connectivity index is 1.69. The first-order valence-corrected chi connectivity index (χ1v) is 10.4. The zero-order chi connectivity index (χ0) is 23.9. The molecule has 33 heavy (non-hydrogen) atoms. The number of halogens is 1. The van der Waals surface area contributed by atoms with Crippen molar-refractivity contribution in [1.82, 2.24) is 0 Å². The van der Waals surface area contributed by atoms with Crippen LogP contribution in [0, 0.1) is 5.92 Å². The first-order chi connectivity index (χ1) is 15.8. The summed E-state index contributed by atoms with van der Waals surface area (Å²) in [5.74, 6) is -0.984. The van der Waals surface area contributed by atoms with Gasteiger partial charge in [-0.15, -0.1) is 0 Å². The molecule has 9 nitrogen and oxygen atoms in total. The lowest BCUT2D eigenvalue weighted by Gasteiger charge is -2.35. The predicted octanol–water partition coefficient (Wildman–Crippen LogP) is 3.37. The molecule has 172 valence electrons. The molecule has 2 aromatic rings. The lowest BCUT2D eigenvalue weighted by molar-refractivity contribution is -0.129. The molecule has 1 heterocycles. The number of Topliss-reactive ketones (excluding diaryl/α,β-unsaturated/α-hetero) is 1. The molecule has 2 aromatic carbocycles. The van der Waals surface area contributed by atoms with E-state index in [9.17, 15) is 9.59 Å². The summed E-state index contributed by atoms with van der Waals surface area (Å²) in [4.78, 5) is 26.9. The Morgan fingerprint density at radius 2 is 2.00 bits per heavy atom. The molecular weight excluding hydrogens is 450 g/mol. The fraction of sp³-hybridized carbons (Fsp3) is 0.261. The summed E-state index contributed by atoms with van der Waals surface area (Å²) in [6.07, 6.45) is 1.70. The highest BCUT2D eigenvalue weighted by atomic mass is 35.5. The van der Waals surface area contributed by atoms with E-state index in [-0.39, 0.29) is 33.7 Å². The zero-order valence-corrected chi connectivity index (χ0v) is 18.9. The molecule has 0 amide bonds. The van der Waals surface area contributed by atoms with Gasteiger partial charge in [0.05, 0.1) is 14.2 Å². The molecule has 0 saturated heterocycles. The van der Waals surface area contributed by atoms with Gasteiger partial charge in [0.25, 0.3) is 0 Å². The average Bonchev–Trinajstić information content (AvgIpc) is 3.12. The van der Waals surface area contributed by atoms with E-state index in [0.29, 0.717) is 23.4 Å². The SMILES string of the molecule is COc1cc(OC)c2c(c1Cl)OC1(C(=O)C=C(Nc3cccc(C(N)=NO)c3)CC1C)C2=O. The average molecular weight is 472 g/mol. The molecular formula is C23H22ClN3O6. The number of nitrogens with two attached hydrogens (primary N) is 1. The Labute approximate surface area is 194 Å². The second-order valence-electron chi connectivity index (χ2n) is 7.80. The third-order valence-corrected chi connectivity index (χ3v) is 6.24. The lowest BCUT2D eigenvalue weighted by atomic mass is 9.74. The number of anilines is 1. The van der Waals surface area contributed by atoms with E-state index in [1.54, 1.807) is 31.2 Å². The standard InChI is InChI=1S/C23H22ClN3O6/c1-11-7-14(26-13-6-4-5-12(8-13)22(25)27-30)9-17(28)23(11)21(29)18-15(31-2)10-16(32-3)19(24)20(18)33-23/h4-6,8-11,26,30H,7H2,1-3H3,(H2,25,27). The van der Waals surface area contributed by atoms with E-state index in [0.717, 1.165) is 0 Å². The summed E-state index contributed by atoms with van der Waals surface area (Å²) in [5, 5.41) is 15.2. The summed E-state index contributed by atoms with van der Waals surface area (Å²) in [7, 11) is 2.85. The van der Waals surface area contributed by atoms with Crippen LogP contribution >= 0.6 is 11.6 Å². The number of ketones is 2. The largest absolute Gasteiger partial charge is 0.496 e. The van der Waals surface area contributed by atoms with Gasteiger partial charge in [-0.05, 0) is 18.6 Å². The third-order valence-electron chi connectivity index (χ3n) is 5.88. The van der Waals surface area contributed by atoms with E-state index in [4.69, 9.17) is 36.8 Å². The van der Waals surface area contributed by atoms with Crippen LogP contribution in [0.25, 0.3) is 0 Å². The van der Waals surface area contributed by atoms with Crippen LogP contribution in [0.2, 0.25) is 5.02 Å². The molecule has 2 unspecified atom stereocenters. The Bertz CT molecular complexity index is 1220. The molecule has 10 heteroatoms. The van der Waals surface area contributed by atoms with Crippen molar-refractivity contribution in [2.75, 3.05) is 19.5 Å². The number of carbonyl (C=O) groups is 2. The smallest absolute Gasteiger partial charge is 0.236 e. The molecule has 0 aromatic heterocycles. The highest BCUT2D eigenvalue weighted by Gasteiger charge is 2.60. The highest BCUT2D eigenvalue weighted by molar-refractivity contribution is 6.36. The molecule has 0 fully saturated rings. The number of nitrogens with zero attached hydrogens (tertiary/aromatic N) is 1. The van der Waals surface area contributed by atoms with Crippen LogP contribution in [-0.2, 0) is 4.79 Å². The first-order valence-electron chi connectivity index (χ1n) is 10.0. The number of nitrogens with one attached hydrogen (secondary N) is 1. The van der Waals surface area contributed by atoms with Gasteiger partial charge in [-0.25, -0.2) is 0 Å². The predicted molar refractivity (Wildman–Crippen MR) is 122 cm³/mol. The van der Waals surface area contributed by atoms with Crippen molar-refractivity contribution in [2.24, 2.45) is 16.8 Å². The maximum absolute atomic E-state index is 13.5. The Morgan fingerprint density at radius 3 is 2.64 bits per heavy atom. The van der Waals surface area contributed by atoms with E-state index in [1.165, 1.54) is 26.4 Å². The fourth-order valence-corrected chi connectivity index (χ4v) is 4.48. The van der Waals surface area contributed by atoms with Gasteiger partial charge < -0.3 is 30.5 Å². The number of allylic oxidation sites excluding steroid dienone is 1. The van der Waals surface area contributed by atoms with Crippen molar-refractivity contribution >= 4 is 34.7 Å². The molecule has 0 bridgehead atoms. The van der Waals surface area contributed by atoms with Gasteiger partial charge in [0.15, 0.2) is 11.6 Å². The molecule has 1 aliphatic heterocycles. The number of rotatable bonds is 5. The van der Waals surface area contributed by atoms with Gasteiger partial charge in [0.1, 0.15) is 22.1 Å². The quantitative estimate of drug-likeness (QED) is 0.199. The van der Waals surface area contributed by atoms with Crippen molar-refractivity contribution < 1.29 is 29.0 Å². The second-order valence-corrected chi connectivity index (χ2v) is 8.17.